The van der Waals surface area contributed by atoms with Crippen molar-refractivity contribution in [2.24, 2.45) is 5.41 Å². The first-order valence-corrected chi connectivity index (χ1v) is 7.98. The minimum atomic E-state index is 0.262. The summed E-state index contributed by atoms with van der Waals surface area (Å²) in [7, 11) is 0. The number of hydrogen-bond acceptors (Lipinski definition) is 3. The molecule has 0 aliphatic carbocycles. The molecule has 0 aliphatic rings. The maximum atomic E-state index is 9.25. The van der Waals surface area contributed by atoms with E-state index in [1.807, 2.05) is 0 Å². The van der Waals surface area contributed by atoms with Gasteiger partial charge in [-0.3, -0.25) is 4.90 Å². The average molecular weight is 272 g/mol. The van der Waals surface area contributed by atoms with E-state index in [9.17, 15) is 5.11 Å². The van der Waals surface area contributed by atoms with Crippen LogP contribution in [0.15, 0.2) is 0 Å². The third kappa shape index (κ3) is 7.28. The van der Waals surface area contributed by atoms with Gasteiger partial charge in [0.1, 0.15) is 0 Å². The summed E-state index contributed by atoms with van der Waals surface area (Å²) < 4.78 is 0. The van der Waals surface area contributed by atoms with E-state index >= 15 is 0 Å². The molecule has 0 saturated heterocycles. The van der Waals surface area contributed by atoms with Crippen LogP contribution in [0.25, 0.3) is 0 Å². The first-order valence-electron chi connectivity index (χ1n) is 7.98. The number of nitrogens with zero attached hydrogens (tertiary/aromatic N) is 1. The molecular formula is C16H36N2O. The fourth-order valence-electron chi connectivity index (χ4n) is 2.79. The number of hydrogen-bond donors (Lipinski definition) is 2. The molecule has 0 aromatic rings. The lowest BCUT2D eigenvalue weighted by Crippen LogP contribution is -2.45. The molecule has 0 amide bonds. The second-order valence-corrected chi connectivity index (χ2v) is 6.49. The smallest absolute Gasteiger partial charge is 0.0558 e. The maximum absolute atomic E-state index is 9.25. The Bertz CT molecular complexity index is 209. The lowest BCUT2D eigenvalue weighted by atomic mass is 9.84. The Balaban J connectivity index is 4.49. The highest BCUT2D eigenvalue weighted by molar-refractivity contribution is 4.82. The van der Waals surface area contributed by atoms with Crippen molar-refractivity contribution in [3.8, 4) is 0 Å². The fourth-order valence-corrected chi connectivity index (χ4v) is 2.79. The standard InChI is InChI=1S/C16H36N2O/c1-7-14(8-2)18(12-13-19)11-10-15(17-9-3)16(4,5)6/h14-15,17,19H,7-13H2,1-6H3. The van der Waals surface area contributed by atoms with Gasteiger partial charge < -0.3 is 10.4 Å². The highest BCUT2D eigenvalue weighted by Crippen LogP contribution is 2.22. The van der Waals surface area contributed by atoms with E-state index in [4.69, 9.17) is 0 Å². The Hall–Kier alpha value is -0.120. The van der Waals surface area contributed by atoms with Crippen LogP contribution >= 0.6 is 0 Å². The van der Waals surface area contributed by atoms with Crippen LogP contribution in [-0.4, -0.2) is 48.3 Å². The summed E-state index contributed by atoms with van der Waals surface area (Å²) >= 11 is 0. The zero-order chi connectivity index (χ0) is 14.9. The molecule has 0 spiro atoms. The molecule has 0 rings (SSSR count). The van der Waals surface area contributed by atoms with Crippen molar-refractivity contribution < 1.29 is 5.11 Å². The van der Waals surface area contributed by atoms with Crippen LogP contribution < -0.4 is 5.32 Å². The predicted molar refractivity (Wildman–Crippen MR) is 84.6 cm³/mol. The van der Waals surface area contributed by atoms with Gasteiger partial charge in [-0.15, -0.1) is 0 Å². The van der Waals surface area contributed by atoms with Crippen molar-refractivity contribution in [1.29, 1.82) is 0 Å². The molecule has 2 N–H and O–H groups in total. The molecule has 0 fully saturated rings. The predicted octanol–water partition coefficient (Wildman–Crippen LogP) is 2.88. The van der Waals surface area contributed by atoms with Gasteiger partial charge >= 0.3 is 0 Å². The quantitative estimate of drug-likeness (QED) is 0.642. The minimum absolute atomic E-state index is 0.262. The van der Waals surface area contributed by atoms with Gasteiger partial charge in [0.05, 0.1) is 6.61 Å². The molecule has 0 bridgehead atoms. The largest absolute Gasteiger partial charge is 0.395 e. The van der Waals surface area contributed by atoms with Crippen LogP contribution in [0.5, 0.6) is 0 Å². The molecule has 0 radical (unpaired) electrons. The van der Waals surface area contributed by atoms with E-state index < -0.39 is 0 Å². The molecule has 116 valence electrons. The van der Waals surface area contributed by atoms with Gasteiger partial charge in [-0.05, 0) is 31.2 Å². The number of nitrogens with one attached hydrogen (secondary N) is 1. The molecule has 0 aliphatic heterocycles. The molecule has 1 unspecified atom stereocenters. The topological polar surface area (TPSA) is 35.5 Å². The van der Waals surface area contributed by atoms with Crippen molar-refractivity contribution >= 4 is 0 Å². The summed E-state index contributed by atoms with van der Waals surface area (Å²) in [5, 5.41) is 12.9. The lowest BCUT2D eigenvalue weighted by Gasteiger charge is -2.35. The van der Waals surface area contributed by atoms with Crippen molar-refractivity contribution in [3.63, 3.8) is 0 Å². The molecule has 0 aromatic heterocycles. The molecule has 0 heterocycles. The Morgan fingerprint density at radius 1 is 1.05 bits per heavy atom. The van der Waals surface area contributed by atoms with E-state index in [1.54, 1.807) is 0 Å². The van der Waals surface area contributed by atoms with Crippen LogP contribution in [0.2, 0.25) is 0 Å². The summed E-state index contributed by atoms with van der Waals surface area (Å²) in [6.07, 6.45) is 3.48. The van der Waals surface area contributed by atoms with E-state index in [2.05, 4.69) is 51.8 Å². The molecule has 0 aromatic carbocycles. The van der Waals surface area contributed by atoms with Crippen LogP contribution in [0.3, 0.4) is 0 Å². The zero-order valence-corrected chi connectivity index (χ0v) is 14.0. The Morgan fingerprint density at radius 2 is 1.63 bits per heavy atom. The molecular weight excluding hydrogens is 236 g/mol. The summed E-state index contributed by atoms with van der Waals surface area (Å²) in [4.78, 5) is 2.45. The van der Waals surface area contributed by atoms with Crippen LogP contribution in [0, 0.1) is 5.41 Å². The van der Waals surface area contributed by atoms with Crippen LogP contribution in [0.1, 0.15) is 60.8 Å². The lowest BCUT2D eigenvalue weighted by molar-refractivity contribution is 0.127. The van der Waals surface area contributed by atoms with E-state index in [0.29, 0.717) is 12.1 Å². The van der Waals surface area contributed by atoms with Crippen molar-refractivity contribution in [3.05, 3.63) is 0 Å². The normalized spacial score (nSPS) is 14.4. The number of aliphatic hydroxyl groups excluding tert-OH is 1. The highest BCUT2D eigenvalue weighted by Gasteiger charge is 2.25. The summed E-state index contributed by atoms with van der Waals surface area (Å²) in [5.41, 5.74) is 0.287. The van der Waals surface area contributed by atoms with Crippen LogP contribution in [-0.2, 0) is 0 Å². The Kier molecular flexibility index (Phi) is 9.67. The van der Waals surface area contributed by atoms with E-state index in [1.165, 1.54) is 0 Å². The zero-order valence-electron chi connectivity index (χ0n) is 14.0. The van der Waals surface area contributed by atoms with Gasteiger partial charge in [0.25, 0.3) is 0 Å². The molecule has 19 heavy (non-hydrogen) atoms. The summed E-state index contributed by atoms with van der Waals surface area (Å²) in [6.45, 7) is 16.7. The van der Waals surface area contributed by atoms with Gasteiger partial charge in [-0.2, -0.15) is 0 Å². The monoisotopic (exact) mass is 272 g/mol. The summed E-state index contributed by atoms with van der Waals surface area (Å²) in [6, 6.07) is 1.14. The SMILES string of the molecule is CCNC(CCN(CCO)C(CC)CC)C(C)(C)C. The van der Waals surface area contributed by atoms with E-state index in [-0.39, 0.29) is 12.0 Å². The van der Waals surface area contributed by atoms with Gasteiger partial charge in [0, 0.05) is 25.2 Å². The molecule has 3 heteroatoms. The van der Waals surface area contributed by atoms with Crippen molar-refractivity contribution in [1.82, 2.24) is 10.2 Å². The molecule has 1 atom stereocenters. The first-order chi connectivity index (χ1) is 8.90. The highest BCUT2D eigenvalue weighted by atomic mass is 16.3. The van der Waals surface area contributed by atoms with Gasteiger partial charge in [-0.1, -0.05) is 41.5 Å². The first kappa shape index (κ1) is 18.9. The van der Waals surface area contributed by atoms with Gasteiger partial charge in [0.2, 0.25) is 0 Å². The molecule has 3 nitrogen and oxygen atoms in total. The van der Waals surface area contributed by atoms with Crippen molar-refractivity contribution in [2.75, 3.05) is 26.2 Å². The Labute approximate surface area is 120 Å². The number of rotatable bonds is 10. The minimum Gasteiger partial charge on any atom is -0.395 e. The van der Waals surface area contributed by atoms with Gasteiger partial charge in [0.15, 0.2) is 0 Å². The average Bonchev–Trinajstić information content (AvgIpc) is 2.34. The third-order valence-electron chi connectivity index (χ3n) is 4.05. The third-order valence-corrected chi connectivity index (χ3v) is 4.05. The Morgan fingerprint density at radius 3 is 2.00 bits per heavy atom. The maximum Gasteiger partial charge on any atom is 0.0558 e. The van der Waals surface area contributed by atoms with Gasteiger partial charge in [-0.25, -0.2) is 0 Å². The van der Waals surface area contributed by atoms with Crippen LogP contribution in [0.4, 0.5) is 0 Å². The van der Waals surface area contributed by atoms with E-state index in [0.717, 1.165) is 38.9 Å². The molecule has 0 saturated carbocycles. The van der Waals surface area contributed by atoms with Crippen molar-refractivity contribution in [2.45, 2.75) is 72.9 Å². The second kappa shape index (κ2) is 9.73. The second-order valence-electron chi connectivity index (χ2n) is 6.49. The fraction of sp³-hybridized carbons (Fsp3) is 1.00. The summed E-state index contributed by atoms with van der Waals surface area (Å²) in [5.74, 6) is 0. The number of aliphatic hydroxyl groups is 1.